The van der Waals surface area contributed by atoms with Crippen molar-refractivity contribution < 1.29 is 18.3 Å². The quantitative estimate of drug-likeness (QED) is 0.802. The lowest BCUT2D eigenvalue weighted by atomic mass is 9.94. The number of benzene rings is 1. The molecule has 2 fully saturated rings. The lowest BCUT2D eigenvalue weighted by Crippen LogP contribution is -2.46. The van der Waals surface area contributed by atoms with Gasteiger partial charge in [-0.1, -0.05) is 6.92 Å². The molecule has 1 atom stereocenters. The summed E-state index contributed by atoms with van der Waals surface area (Å²) in [7, 11) is 0. The van der Waals surface area contributed by atoms with E-state index in [1.54, 1.807) is 0 Å². The van der Waals surface area contributed by atoms with E-state index in [2.05, 4.69) is 11.8 Å². The summed E-state index contributed by atoms with van der Waals surface area (Å²) >= 11 is 0. The largest absolute Gasteiger partial charge is 0.481 e. The van der Waals surface area contributed by atoms with E-state index in [-0.39, 0.29) is 18.3 Å². The molecule has 144 valence electrons. The standard InChI is InChI=1S/C20H28F2N2O2/c1-15-6-9-23(10-7-15)12-16-3-2-8-24(13-16)20(25)14-26-19-5-4-17(21)11-18(19)22/h4-5,11,15-16H,2-3,6-10,12-14H2,1H3. The minimum absolute atomic E-state index is 0.0873. The summed E-state index contributed by atoms with van der Waals surface area (Å²) in [5, 5.41) is 0. The first-order valence-corrected chi connectivity index (χ1v) is 9.59. The molecule has 2 aliphatic rings. The molecule has 6 heteroatoms. The molecule has 2 heterocycles. The molecule has 2 aliphatic heterocycles. The minimum atomic E-state index is -0.784. The van der Waals surface area contributed by atoms with Crippen molar-refractivity contribution in [2.75, 3.05) is 39.3 Å². The van der Waals surface area contributed by atoms with E-state index in [0.29, 0.717) is 5.92 Å². The van der Waals surface area contributed by atoms with Gasteiger partial charge in [-0.05, 0) is 62.7 Å². The fourth-order valence-electron chi connectivity index (χ4n) is 3.87. The number of amides is 1. The molecule has 0 bridgehead atoms. The Hall–Kier alpha value is -1.69. The van der Waals surface area contributed by atoms with Gasteiger partial charge in [0.05, 0.1) is 0 Å². The molecule has 0 saturated carbocycles. The van der Waals surface area contributed by atoms with Gasteiger partial charge in [0.15, 0.2) is 18.2 Å². The highest BCUT2D eigenvalue weighted by Gasteiger charge is 2.26. The molecule has 0 spiro atoms. The Labute approximate surface area is 154 Å². The summed E-state index contributed by atoms with van der Waals surface area (Å²) in [5.41, 5.74) is 0. The van der Waals surface area contributed by atoms with Gasteiger partial charge in [-0.2, -0.15) is 0 Å². The third kappa shape index (κ3) is 5.16. The lowest BCUT2D eigenvalue weighted by Gasteiger charge is -2.37. The predicted molar refractivity (Wildman–Crippen MR) is 96.0 cm³/mol. The van der Waals surface area contributed by atoms with Gasteiger partial charge in [-0.15, -0.1) is 0 Å². The van der Waals surface area contributed by atoms with Crippen molar-refractivity contribution in [2.45, 2.75) is 32.6 Å². The van der Waals surface area contributed by atoms with Gasteiger partial charge in [0, 0.05) is 25.7 Å². The Balaban J connectivity index is 1.46. The van der Waals surface area contributed by atoms with E-state index in [1.165, 1.54) is 18.9 Å². The predicted octanol–water partition coefficient (Wildman–Crippen LogP) is 3.31. The van der Waals surface area contributed by atoms with Crippen LogP contribution in [-0.4, -0.2) is 55.0 Å². The van der Waals surface area contributed by atoms with Gasteiger partial charge in [-0.3, -0.25) is 4.79 Å². The average molecular weight is 366 g/mol. The topological polar surface area (TPSA) is 32.8 Å². The van der Waals surface area contributed by atoms with Gasteiger partial charge < -0.3 is 14.5 Å². The molecule has 4 nitrogen and oxygen atoms in total. The highest BCUT2D eigenvalue weighted by molar-refractivity contribution is 5.77. The Morgan fingerprint density at radius 2 is 1.96 bits per heavy atom. The van der Waals surface area contributed by atoms with Crippen molar-refractivity contribution in [1.82, 2.24) is 9.80 Å². The van der Waals surface area contributed by atoms with Crippen LogP contribution >= 0.6 is 0 Å². The summed E-state index contributed by atoms with van der Waals surface area (Å²) in [6.07, 6.45) is 4.65. The number of hydrogen-bond donors (Lipinski definition) is 0. The molecule has 1 unspecified atom stereocenters. The van der Waals surface area contributed by atoms with Crippen LogP contribution in [0.25, 0.3) is 0 Å². The SMILES string of the molecule is CC1CCN(CC2CCCN(C(=O)COc3ccc(F)cc3F)C2)CC1. The summed E-state index contributed by atoms with van der Waals surface area (Å²) in [6.45, 7) is 6.90. The van der Waals surface area contributed by atoms with E-state index in [9.17, 15) is 13.6 Å². The molecule has 1 amide bonds. The van der Waals surface area contributed by atoms with E-state index in [1.807, 2.05) is 4.90 Å². The smallest absolute Gasteiger partial charge is 0.260 e. The second-order valence-corrected chi connectivity index (χ2v) is 7.69. The van der Waals surface area contributed by atoms with Crippen molar-refractivity contribution in [3.63, 3.8) is 0 Å². The van der Waals surface area contributed by atoms with Crippen LogP contribution in [0.2, 0.25) is 0 Å². The lowest BCUT2D eigenvalue weighted by molar-refractivity contribution is -0.135. The van der Waals surface area contributed by atoms with Crippen molar-refractivity contribution in [1.29, 1.82) is 0 Å². The van der Waals surface area contributed by atoms with Crippen LogP contribution in [-0.2, 0) is 4.79 Å². The van der Waals surface area contributed by atoms with Gasteiger partial charge in [0.25, 0.3) is 5.91 Å². The molecule has 0 aromatic heterocycles. The minimum Gasteiger partial charge on any atom is -0.481 e. The zero-order valence-corrected chi connectivity index (χ0v) is 15.4. The maximum atomic E-state index is 13.6. The Morgan fingerprint density at radius 3 is 2.69 bits per heavy atom. The van der Waals surface area contributed by atoms with E-state index in [4.69, 9.17) is 4.74 Å². The maximum absolute atomic E-state index is 13.6. The second kappa shape index (κ2) is 8.80. The highest BCUT2D eigenvalue weighted by atomic mass is 19.1. The first-order chi connectivity index (χ1) is 12.5. The highest BCUT2D eigenvalue weighted by Crippen LogP contribution is 2.22. The fraction of sp³-hybridized carbons (Fsp3) is 0.650. The molecule has 0 radical (unpaired) electrons. The molecule has 0 aliphatic carbocycles. The zero-order chi connectivity index (χ0) is 18.5. The molecular weight excluding hydrogens is 338 g/mol. The number of ether oxygens (including phenoxy) is 1. The molecule has 1 aromatic rings. The van der Waals surface area contributed by atoms with Crippen molar-refractivity contribution in [2.24, 2.45) is 11.8 Å². The Kier molecular flexibility index (Phi) is 6.46. The molecule has 1 aromatic carbocycles. The monoisotopic (exact) mass is 366 g/mol. The number of rotatable bonds is 5. The third-order valence-electron chi connectivity index (χ3n) is 5.51. The van der Waals surface area contributed by atoms with Crippen molar-refractivity contribution in [3.8, 4) is 5.75 Å². The van der Waals surface area contributed by atoms with Crippen LogP contribution in [0.4, 0.5) is 8.78 Å². The van der Waals surface area contributed by atoms with Gasteiger partial charge in [0.2, 0.25) is 0 Å². The van der Waals surface area contributed by atoms with Gasteiger partial charge in [0.1, 0.15) is 5.82 Å². The van der Waals surface area contributed by atoms with Crippen LogP contribution in [0.15, 0.2) is 18.2 Å². The van der Waals surface area contributed by atoms with Crippen molar-refractivity contribution >= 4 is 5.91 Å². The fourth-order valence-corrected chi connectivity index (χ4v) is 3.87. The summed E-state index contributed by atoms with van der Waals surface area (Å²) < 4.78 is 31.8. The van der Waals surface area contributed by atoms with Crippen LogP contribution in [0, 0.1) is 23.5 Å². The summed E-state index contributed by atoms with van der Waals surface area (Å²) in [5.74, 6) is -0.356. The summed E-state index contributed by atoms with van der Waals surface area (Å²) in [4.78, 5) is 16.8. The number of nitrogens with zero attached hydrogens (tertiary/aromatic N) is 2. The van der Waals surface area contributed by atoms with Crippen LogP contribution in [0.5, 0.6) is 5.75 Å². The summed E-state index contributed by atoms with van der Waals surface area (Å²) in [6, 6.07) is 3.10. The molecule has 26 heavy (non-hydrogen) atoms. The van der Waals surface area contributed by atoms with Crippen LogP contribution in [0.1, 0.15) is 32.6 Å². The van der Waals surface area contributed by atoms with E-state index < -0.39 is 11.6 Å². The molecule has 0 N–H and O–H groups in total. The number of carbonyl (C=O) groups is 1. The Morgan fingerprint density at radius 1 is 1.19 bits per heavy atom. The first-order valence-electron chi connectivity index (χ1n) is 9.59. The number of likely N-dealkylation sites (tertiary alicyclic amines) is 2. The first kappa shape index (κ1) is 19.1. The van der Waals surface area contributed by atoms with Crippen LogP contribution < -0.4 is 4.74 Å². The third-order valence-corrected chi connectivity index (χ3v) is 5.51. The van der Waals surface area contributed by atoms with Crippen LogP contribution in [0.3, 0.4) is 0 Å². The zero-order valence-electron chi connectivity index (χ0n) is 15.4. The van der Waals surface area contributed by atoms with Crippen molar-refractivity contribution in [3.05, 3.63) is 29.8 Å². The number of carbonyl (C=O) groups excluding carboxylic acids is 1. The molecular formula is C20H28F2N2O2. The number of piperidine rings is 2. The second-order valence-electron chi connectivity index (χ2n) is 7.69. The van der Waals surface area contributed by atoms with E-state index >= 15 is 0 Å². The van der Waals surface area contributed by atoms with E-state index in [0.717, 1.165) is 63.6 Å². The Bertz CT molecular complexity index is 618. The molecule has 2 saturated heterocycles. The normalized spacial score (nSPS) is 22.4. The number of halogens is 2. The number of hydrogen-bond acceptors (Lipinski definition) is 3. The molecule has 3 rings (SSSR count). The van der Waals surface area contributed by atoms with Gasteiger partial charge >= 0.3 is 0 Å². The average Bonchev–Trinajstić information content (AvgIpc) is 2.63. The maximum Gasteiger partial charge on any atom is 0.260 e. The van der Waals surface area contributed by atoms with Gasteiger partial charge in [-0.25, -0.2) is 8.78 Å².